The van der Waals surface area contributed by atoms with E-state index in [1.54, 1.807) is 26.0 Å². The maximum Gasteiger partial charge on any atom is 0.262 e. The van der Waals surface area contributed by atoms with Gasteiger partial charge in [-0.1, -0.05) is 12.1 Å². The number of nitrogens with one attached hydrogen (secondary N) is 1. The van der Waals surface area contributed by atoms with Crippen molar-refractivity contribution in [2.75, 3.05) is 4.72 Å². The summed E-state index contributed by atoms with van der Waals surface area (Å²) in [6.45, 7) is 7.28. The van der Waals surface area contributed by atoms with Crippen LogP contribution in [-0.4, -0.2) is 8.42 Å². The van der Waals surface area contributed by atoms with Crippen molar-refractivity contribution >= 4 is 15.7 Å². The first-order valence-corrected chi connectivity index (χ1v) is 8.06. The van der Waals surface area contributed by atoms with Crippen LogP contribution in [0.2, 0.25) is 0 Å². The van der Waals surface area contributed by atoms with Gasteiger partial charge in [0.1, 0.15) is 5.82 Å². The van der Waals surface area contributed by atoms with Crippen LogP contribution in [-0.2, 0) is 10.0 Å². The third kappa shape index (κ3) is 3.24. The van der Waals surface area contributed by atoms with E-state index >= 15 is 0 Å². The molecule has 0 amide bonds. The molecular formula is C16H18FNO2S. The van der Waals surface area contributed by atoms with Gasteiger partial charge in [-0.05, 0) is 68.1 Å². The molecule has 0 unspecified atom stereocenters. The van der Waals surface area contributed by atoms with Crippen molar-refractivity contribution in [2.45, 2.75) is 32.6 Å². The Morgan fingerprint density at radius 2 is 1.52 bits per heavy atom. The third-order valence-electron chi connectivity index (χ3n) is 3.45. The minimum Gasteiger partial charge on any atom is -0.277 e. The number of halogens is 1. The minimum atomic E-state index is -3.81. The van der Waals surface area contributed by atoms with Gasteiger partial charge in [-0.2, -0.15) is 0 Å². The molecule has 0 aliphatic rings. The molecule has 0 atom stereocenters. The van der Waals surface area contributed by atoms with Gasteiger partial charge in [0.2, 0.25) is 0 Å². The van der Waals surface area contributed by atoms with Crippen molar-refractivity contribution in [3.63, 3.8) is 0 Å². The van der Waals surface area contributed by atoms with Crippen LogP contribution < -0.4 is 4.72 Å². The zero-order valence-electron chi connectivity index (χ0n) is 12.5. The number of anilines is 1. The molecule has 3 nitrogen and oxygen atoms in total. The van der Waals surface area contributed by atoms with Crippen molar-refractivity contribution in [3.05, 3.63) is 58.4 Å². The highest BCUT2D eigenvalue weighted by molar-refractivity contribution is 7.92. The summed E-state index contributed by atoms with van der Waals surface area (Å²) < 4.78 is 41.0. The van der Waals surface area contributed by atoms with Crippen LogP contribution in [0.5, 0.6) is 0 Å². The fourth-order valence-corrected chi connectivity index (χ4v) is 3.51. The van der Waals surface area contributed by atoms with Crippen molar-refractivity contribution in [1.29, 1.82) is 0 Å². The van der Waals surface area contributed by atoms with Crippen molar-refractivity contribution in [1.82, 2.24) is 0 Å². The van der Waals surface area contributed by atoms with E-state index in [0.29, 0.717) is 5.56 Å². The summed E-state index contributed by atoms with van der Waals surface area (Å²) in [7, 11) is -3.81. The minimum absolute atomic E-state index is 0.0346. The molecule has 112 valence electrons. The molecule has 0 aromatic heterocycles. The van der Waals surface area contributed by atoms with Gasteiger partial charge in [-0.15, -0.1) is 0 Å². The van der Waals surface area contributed by atoms with Gasteiger partial charge in [0, 0.05) is 0 Å². The van der Waals surface area contributed by atoms with E-state index in [-0.39, 0.29) is 10.6 Å². The predicted molar refractivity (Wildman–Crippen MR) is 82.6 cm³/mol. The van der Waals surface area contributed by atoms with Gasteiger partial charge in [-0.3, -0.25) is 4.72 Å². The maximum absolute atomic E-state index is 13.7. The second-order valence-corrected chi connectivity index (χ2v) is 6.94. The summed E-state index contributed by atoms with van der Waals surface area (Å²) >= 11 is 0. The van der Waals surface area contributed by atoms with Crippen LogP contribution in [0.4, 0.5) is 10.1 Å². The number of sulfonamides is 1. The van der Waals surface area contributed by atoms with Gasteiger partial charge < -0.3 is 0 Å². The van der Waals surface area contributed by atoms with Crippen LogP contribution in [0.15, 0.2) is 35.2 Å². The van der Waals surface area contributed by atoms with Gasteiger partial charge in [0.15, 0.2) is 0 Å². The van der Waals surface area contributed by atoms with Gasteiger partial charge in [-0.25, -0.2) is 12.8 Å². The number of rotatable bonds is 3. The number of benzene rings is 2. The van der Waals surface area contributed by atoms with E-state index < -0.39 is 15.8 Å². The Labute approximate surface area is 124 Å². The average molecular weight is 307 g/mol. The van der Waals surface area contributed by atoms with E-state index in [0.717, 1.165) is 16.7 Å². The topological polar surface area (TPSA) is 46.2 Å². The second kappa shape index (κ2) is 5.48. The molecule has 2 aromatic rings. The van der Waals surface area contributed by atoms with Crippen molar-refractivity contribution in [2.24, 2.45) is 0 Å². The van der Waals surface area contributed by atoms with Crippen LogP contribution in [0.3, 0.4) is 0 Å². The molecular weight excluding hydrogens is 289 g/mol. The lowest BCUT2D eigenvalue weighted by atomic mass is 10.1. The maximum atomic E-state index is 13.7. The highest BCUT2D eigenvalue weighted by Crippen LogP contribution is 2.24. The van der Waals surface area contributed by atoms with E-state index in [1.165, 1.54) is 12.1 Å². The molecule has 5 heteroatoms. The lowest BCUT2D eigenvalue weighted by molar-refractivity contribution is 0.598. The predicted octanol–water partition coefficient (Wildman–Crippen LogP) is 3.86. The highest BCUT2D eigenvalue weighted by atomic mass is 32.2. The molecule has 21 heavy (non-hydrogen) atoms. The van der Waals surface area contributed by atoms with E-state index in [4.69, 9.17) is 0 Å². The zero-order chi connectivity index (χ0) is 15.8. The molecule has 0 fully saturated rings. The summed E-state index contributed by atoms with van der Waals surface area (Å²) in [5.74, 6) is -0.592. The highest BCUT2D eigenvalue weighted by Gasteiger charge is 2.19. The first kappa shape index (κ1) is 15.5. The molecule has 0 aliphatic heterocycles. The molecule has 0 bridgehead atoms. The average Bonchev–Trinajstić information content (AvgIpc) is 2.37. The van der Waals surface area contributed by atoms with Crippen molar-refractivity contribution < 1.29 is 12.8 Å². The smallest absolute Gasteiger partial charge is 0.262 e. The van der Waals surface area contributed by atoms with Gasteiger partial charge >= 0.3 is 0 Å². The van der Waals surface area contributed by atoms with Crippen LogP contribution in [0.25, 0.3) is 0 Å². The summed E-state index contributed by atoms with van der Waals surface area (Å²) in [5.41, 5.74) is 3.29. The largest absolute Gasteiger partial charge is 0.277 e. The zero-order valence-corrected chi connectivity index (χ0v) is 13.3. The molecule has 0 radical (unpaired) electrons. The first-order valence-electron chi connectivity index (χ1n) is 6.57. The first-order chi connectivity index (χ1) is 9.70. The van der Waals surface area contributed by atoms with Crippen LogP contribution in [0.1, 0.15) is 22.3 Å². The monoisotopic (exact) mass is 307 g/mol. The molecule has 0 aliphatic carbocycles. The fourth-order valence-electron chi connectivity index (χ4n) is 2.14. The second-order valence-electron chi connectivity index (χ2n) is 5.29. The quantitative estimate of drug-likeness (QED) is 0.936. The molecule has 0 saturated heterocycles. The Hall–Kier alpha value is -1.88. The molecule has 0 spiro atoms. The van der Waals surface area contributed by atoms with E-state index in [1.807, 2.05) is 19.9 Å². The SMILES string of the molecule is Cc1ccc(F)c(NS(=O)(=O)c2cc(C)c(C)cc2C)c1. The Morgan fingerprint density at radius 1 is 0.905 bits per heavy atom. The Bertz CT molecular complexity index is 798. The number of hydrogen-bond donors (Lipinski definition) is 1. The molecule has 0 heterocycles. The fraction of sp³-hybridized carbons (Fsp3) is 0.250. The molecule has 0 saturated carbocycles. The molecule has 2 rings (SSSR count). The van der Waals surface area contributed by atoms with E-state index in [9.17, 15) is 12.8 Å². The lowest BCUT2D eigenvalue weighted by Crippen LogP contribution is -2.15. The Balaban J connectivity index is 2.48. The Kier molecular flexibility index (Phi) is 4.05. The summed E-state index contributed by atoms with van der Waals surface area (Å²) in [4.78, 5) is 0.173. The van der Waals surface area contributed by atoms with Gasteiger partial charge in [0.05, 0.1) is 10.6 Å². The molecule has 2 aromatic carbocycles. The number of hydrogen-bond acceptors (Lipinski definition) is 2. The van der Waals surface area contributed by atoms with E-state index in [2.05, 4.69) is 4.72 Å². The Morgan fingerprint density at radius 3 is 2.19 bits per heavy atom. The normalized spacial score (nSPS) is 11.5. The van der Waals surface area contributed by atoms with Crippen LogP contribution in [0, 0.1) is 33.5 Å². The summed E-state index contributed by atoms with van der Waals surface area (Å²) in [6.07, 6.45) is 0. The van der Waals surface area contributed by atoms with Crippen LogP contribution >= 0.6 is 0 Å². The summed E-state index contributed by atoms with van der Waals surface area (Å²) in [5, 5.41) is 0. The third-order valence-corrected chi connectivity index (χ3v) is 4.95. The lowest BCUT2D eigenvalue weighted by Gasteiger charge is -2.13. The van der Waals surface area contributed by atoms with Crippen molar-refractivity contribution in [3.8, 4) is 0 Å². The van der Waals surface area contributed by atoms with Gasteiger partial charge in [0.25, 0.3) is 10.0 Å². The standard InChI is InChI=1S/C16H18FNO2S/c1-10-5-6-14(17)15(7-10)18-21(19,20)16-9-12(3)11(2)8-13(16)4/h5-9,18H,1-4H3. The number of aryl methyl sites for hydroxylation is 4. The molecule has 1 N–H and O–H groups in total. The summed E-state index contributed by atoms with van der Waals surface area (Å²) in [6, 6.07) is 7.75.